The Kier molecular flexibility index (Phi) is 4.66. The SMILES string of the molecule is COc1ccc(Cn2c(-c3ccco3)csc2=Nc2cccnc2)cc1. The van der Waals surface area contributed by atoms with Gasteiger partial charge in [0, 0.05) is 11.6 Å². The summed E-state index contributed by atoms with van der Waals surface area (Å²) >= 11 is 1.58. The minimum Gasteiger partial charge on any atom is -0.497 e. The van der Waals surface area contributed by atoms with E-state index in [1.54, 1.807) is 37.1 Å². The first-order valence-electron chi connectivity index (χ1n) is 8.13. The van der Waals surface area contributed by atoms with E-state index in [1.807, 2.05) is 36.4 Å². The minimum atomic E-state index is 0.683. The molecule has 0 atom stereocenters. The van der Waals surface area contributed by atoms with E-state index in [1.165, 1.54) is 0 Å². The van der Waals surface area contributed by atoms with E-state index < -0.39 is 0 Å². The van der Waals surface area contributed by atoms with Crippen LogP contribution in [0.3, 0.4) is 0 Å². The molecule has 0 aliphatic carbocycles. The van der Waals surface area contributed by atoms with Gasteiger partial charge in [-0.1, -0.05) is 12.1 Å². The number of hydrogen-bond acceptors (Lipinski definition) is 5. The number of furan rings is 1. The molecule has 0 amide bonds. The zero-order chi connectivity index (χ0) is 17.8. The van der Waals surface area contributed by atoms with Crippen LogP contribution in [-0.4, -0.2) is 16.7 Å². The third-order valence-corrected chi connectivity index (χ3v) is 4.81. The van der Waals surface area contributed by atoms with Crippen LogP contribution in [-0.2, 0) is 6.54 Å². The fraction of sp³-hybridized carbons (Fsp3) is 0.100. The molecular weight excluding hydrogens is 346 g/mol. The molecule has 3 heterocycles. The van der Waals surface area contributed by atoms with Crippen molar-refractivity contribution in [1.29, 1.82) is 0 Å². The Balaban J connectivity index is 1.79. The van der Waals surface area contributed by atoms with E-state index >= 15 is 0 Å². The quantitative estimate of drug-likeness (QED) is 0.525. The molecule has 4 rings (SSSR count). The molecule has 6 heteroatoms. The molecule has 0 saturated heterocycles. The van der Waals surface area contributed by atoms with Gasteiger partial charge >= 0.3 is 0 Å². The summed E-state index contributed by atoms with van der Waals surface area (Å²) in [6.07, 6.45) is 5.18. The summed E-state index contributed by atoms with van der Waals surface area (Å²) in [7, 11) is 1.67. The van der Waals surface area contributed by atoms with Crippen molar-refractivity contribution in [3.05, 3.63) is 82.9 Å². The lowest BCUT2D eigenvalue weighted by atomic mass is 10.2. The van der Waals surface area contributed by atoms with Crippen molar-refractivity contribution in [3.8, 4) is 17.2 Å². The first-order chi connectivity index (χ1) is 12.8. The Morgan fingerprint density at radius 3 is 2.73 bits per heavy atom. The molecule has 1 aromatic carbocycles. The summed E-state index contributed by atoms with van der Waals surface area (Å²) in [6, 6.07) is 15.7. The maximum atomic E-state index is 5.61. The van der Waals surface area contributed by atoms with Crippen LogP contribution < -0.4 is 9.54 Å². The van der Waals surface area contributed by atoms with Gasteiger partial charge in [0.15, 0.2) is 10.6 Å². The zero-order valence-electron chi connectivity index (χ0n) is 14.2. The van der Waals surface area contributed by atoms with Crippen molar-refractivity contribution in [2.45, 2.75) is 6.54 Å². The lowest BCUT2D eigenvalue weighted by Gasteiger charge is -2.08. The van der Waals surface area contributed by atoms with Gasteiger partial charge < -0.3 is 13.7 Å². The van der Waals surface area contributed by atoms with Gasteiger partial charge in [0.05, 0.1) is 37.5 Å². The number of pyridine rings is 1. The number of benzene rings is 1. The van der Waals surface area contributed by atoms with Crippen LogP contribution in [0.2, 0.25) is 0 Å². The molecule has 0 spiro atoms. The minimum absolute atomic E-state index is 0.683. The Bertz CT molecular complexity index is 1030. The number of ether oxygens (including phenoxy) is 1. The maximum Gasteiger partial charge on any atom is 0.190 e. The van der Waals surface area contributed by atoms with Crippen LogP contribution in [0.15, 0.2) is 82.0 Å². The highest BCUT2D eigenvalue weighted by molar-refractivity contribution is 7.07. The molecule has 26 heavy (non-hydrogen) atoms. The topological polar surface area (TPSA) is 52.5 Å². The summed E-state index contributed by atoms with van der Waals surface area (Å²) < 4.78 is 13.0. The van der Waals surface area contributed by atoms with Crippen molar-refractivity contribution in [2.24, 2.45) is 4.99 Å². The molecule has 0 bridgehead atoms. The third kappa shape index (κ3) is 3.45. The van der Waals surface area contributed by atoms with Crippen LogP contribution in [0.5, 0.6) is 5.75 Å². The fourth-order valence-corrected chi connectivity index (χ4v) is 3.55. The molecule has 3 aromatic heterocycles. The molecule has 5 nitrogen and oxygen atoms in total. The summed E-state index contributed by atoms with van der Waals surface area (Å²) in [5.41, 5.74) is 2.98. The number of aromatic nitrogens is 2. The Morgan fingerprint density at radius 1 is 1.15 bits per heavy atom. The molecule has 4 aromatic rings. The number of nitrogens with zero attached hydrogens (tertiary/aromatic N) is 3. The van der Waals surface area contributed by atoms with Gasteiger partial charge in [-0.3, -0.25) is 4.98 Å². The van der Waals surface area contributed by atoms with E-state index in [0.29, 0.717) is 6.54 Å². The normalized spacial score (nSPS) is 11.7. The second kappa shape index (κ2) is 7.41. The van der Waals surface area contributed by atoms with E-state index in [2.05, 4.69) is 27.1 Å². The second-order valence-corrected chi connectivity index (χ2v) is 6.47. The van der Waals surface area contributed by atoms with E-state index in [0.717, 1.165) is 33.3 Å². The first-order valence-corrected chi connectivity index (χ1v) is 9.01. The van der Waals surface area contributed by atoms with E-state index in [-0.39, 0.29) is 0 Å². The molecule has 0 radical (unpaired) electrons. The predicted octanol–water partition coefficient (Wildman–Crippen LogP) is 4.49. The van der Waals surface area contributed by atoms with Crippen molar-refractivity contribution >= 4 is 17.0 Å². The van der Waals surface area contributed by atoms with Gasteiger partial charge in [-0.15, -0.1) is 11.3 Å². The van der Waals surface area contributed by atoms with Crippen molar-refractivity contribution < 1.29 is 9.15 Å². The van der Waals surface area contributed by atoms with Gasteiger partial charge in [0.2, 0.25) is 0 Å². The van der Waals surface area contributed by atoms with Crippen molar-refractivity contribution in [3.63, 3.8) is 0 Å². The van der Waals surface area contributed by atoms with Crippen molar-refractivity contribution in [1.82, 2.24) is 9.55 Å². The smallest absolute Gasteiger partial charge is 0.190 e. The van der Waals surface area contributed by atoms with Gasteiger partial charge in [0.1, 0.15) is 5.75 Å². The monoisotopic (exact) mass is 363 g/mol. The molecule has 0 aliphatic rings. The zero-order valence-corrected chi connectivity index (χ0v) is 15.0. The Labute approximate surface area is 154 Å². The van der Waals surface area contributed by atoms with E-state index in [9.17, 15) is 0 Å². The highest BCUT2D eigenvalue weighted by Gasteiger charge is 2.11. The average molecular weight is 363 g/mol. The highest BCUT2D eigenvalue weighted by atomic mass is 32.1. The number of hydrogen-bond donors (Lipinski definition) is 0. The second-order valence-electron chi connectivity index (χ2n) is 5.64. The molecular formula is C20H17N3O2S. The van der Waals surface area contributed by atoms with Crippen LogP contribution in [0, 0.1) is 0 Å². The van der Waals surface area contributed by atoms with Crippen LogP contribution >= 0.6 is 11.3 Å². The van der Waals surface area contributed by atoms with Crippen LogP contribution in [0.25, 0.3) is 11.5 Å². The third-order valence-electron chi connectivity index (χ3n) is 3.94. The summed E-state index contributed by atoms with van der Waals surface area (Å²) in [4.78, 5) is 9.78. The number of rotatable bonds is 5. The lowest BCUT2D eigenvalue weighted by molar-refractivity contribution is 0.414. The Morgan fingerprint density at radius 2 is 2.04 bits per heavy atom. The van der Waals surface area contributed by atoms with Gasteiger partial charge in [-0.05, 0) is 42.0 Å². The summed E-state index contributed by atoms with van der Waals surface area (Å²) in [5, 5.41) is 2.07. The molecule has 130 valence electrons. The fourth-order valence-electron chi connectivity index (χ4n) is 2.64. The summed E-state index contributed by atoms with van der Waals surface area (Å²) in [5.74, 6) is 1.66. The lowest BCUT2D eigenvalue weighted by Crippen LogP contribution is -2.16. The predicted molar refractivity (Wildman–Crippen MR) is 102 cm³/mol. The first kappa shape index (κ1) is 16.4. The van der Waals surface area contributed by atoms with Crippen LogP contribution in [0.4, 0.5) is 5.69 Å². The van der Waals surface area contributed by atoms with Gasteiger partial charge in [-0.25, -0.2) is 4.99 Å². The van der Waals surface area contributed by atoms with E-state index in [4.69, 9.17) is 14.1 Å². The molecule has 0 N–H and O–H groups in total. The van der Waals surface area contributed by atoms with Crippen LogP contribution in [0.1, 0.15) is 5.56 Å². The molecule has 0 aliphatic heterocycles. The van der Waals surface area contributed by atoms with Gasteiger partial charge in [0.25, 0.3) is 0 Å². The van der Waals surface area contributed by atoms with Gasteiger partial charge in [-0.2, -0.15) is 0 Å². The standard InChI is InChI=1S/C20H17N3O2S/c1-24-17-8-6-15(7-9-17)13-23-18(19-5-3-11-25-19)14-26-20(23)22-16-4-2-10-21-12-16/h2-12,14H,13H2,1H3. The summed E-state index contributed by atoms with van der Waals surface area (Å²) in [6.45, 7) is 0.683. The Hall–Kier alpha value is -3.12. The van der Waals surface area contributed by atoms with Crippen molar-refractivity contribution in [2.75, 3.05) is 7.11 Å². The maximum absolute atomic E-state index is 5.61. The molecule has 0 unspecified atom stereocenters. The highest BCUT2D eigenvalue weighted by Crippen LogP contribution is 2.22. The molecule has 0 saturated carbocycles. The number of methoxy groups -OCH3 is 1. The number of thiazole rings is 1. The average Bonchev–Trinajstić information content (AvgIpc) is 3.34. The molecule has 0 fully saturated rings. The largest absolute Gasteiger partial charge is 0.497 e.